The minimum absolute atomic E-state index is 0.470. The molecular formula is C16H15ClO2. The summed E-state index contributed by atoms with van der Waals surface area (Å²) in [5.74, 6) is -1.40. The van der Waals surface area contributed by atoms with E-state index in [9.17, 15) is 9.90 Å². The third kappa shape index (κ3) is 3.58. The summed E-state index contributed by atoms with van der Waals surface area (Å²) >= 11 is 5.93. The van der Waals surface area contributed by atoms with Crippen molar-refractivity contribution in [2.24, 2.45) is 0 Å². The smallest absolute Gasteiger partial charge is 0.311 e. The predicted molar refractivity (Wildman–Crippen MR) is 76.7 cm³/mol. The van der Waals surface area contributed by atoms with Gasteiger partial charge in [-0.25, -0.2) is 0 Å². The summed E-state index contributed by atoms with van der Waals surface area (Å²) in [6, 6.07) is 15.0. The fourth-order valence-electron chi connectivity index (χ4n) is 2.15. The first-order valence-electron chi connectivity index (χ1n) is 6.10. The SMILES string of the molecule is Cc1cccc(CC(C(=O)O)c2cccc(Cl)c2)c1. The molecule has 3 heteroatoms. The molecular weight excluding hydrogens is 260 g/mol. The largest absolute Gasteiger partial charge is 0.481 e. The van der Waals surface area contributed by atoms with Crippen molar-refractivity contribution in [2.45, 2.75) is 19.3 Å². The second kappa shape index (κ2) is 5.89. The van der Waals surface area contributed by atoms with Gasteiger partial charge in [-0.3, -0.25) is 4.79 Å². The van der Waals surface area contributed by atoms with Crippen LogP contribution in [0.2, 0.25) is 5.02 Å². The lowest BCUT2D eigenvalue weighted by molar-refractivity contribution is -0.138. The molecule has 0 aromatic heterocycles. The number of aryl methyl sites for hydroxylation is 1. The maximum Gasteiger partial charge on any atom is 0.311 e. The number of carboxylic acid groups (broad SMARTS) is 1. The Labute approximate surface area is 117 Å². The van der Waals surface area contributed by atoms with Crippen LogP contribution in [0.1, 0.15) is 22.6 Å². The third-order valence-corrected chi connectivity index (χ3v) is 3.31. The van der Waals surface area contributed by atoms with Gasteiger partial charge in [-0.1, -0.05) is 53.6 Å². The van der Waals surface area contributed by atoms with Crippen LogP contribution in [0, 0.1) is 6.92 Å². The molecule has 0 amide bonds. The fraction of sp³-hybridized carbons (Fsp3) is 0.188. The molecule has 19 heavy (non-hydrogen) atoms. The van der Waals surface area contributed by atoms with Crippen molar-refractivity contribution in [3.63, 3.8) is 0 Å². The summed E-state index contributed by atoms with van der Waals surface area (Å²) in [6.45, 7) is 2.00. The van der Waals surface area contributed by atoms with Gasteiger partial charge in [-0.15, -0.1) is 0 Å². The van der Waals surface area contributed by atoms with E-state index in [1.165, 1.54) is 0 Å². The second-order valence-corrected chi connectivity index (χ2v) is 5.08. The molecule has 98 valence electrons. The Morgan fingerprint density at radius 3 is 2.58 bits per heavy atom. The molecule has 0 bridgehead atoms. The van der Waals surface area contributed by atoms with Crippen molar-refractivity contribution in [2.75, 3.05) is 0 Å². The highest BCUT2D eigenvalue weighted by atomic mass is 35.5. The van der Waals surface area contributed by atoms with Crippen molar-refractivity contribution in [1.29, 1.82) is 0 Å². The number of aliphatic carboxylic acids is 1. The van der Waals surface area contributed by atoms with Crippen LogP contribution >= 0.6 is 11.6 Å². The van der Waals surface area contributed by atoms with E-state index in [-0.39, 0.29) is 0 Å². The molecule has 0 aliphatic heterocycles. The summed E-state index contributed by atoms with van der Waals surface area (Å²) in [7, 11) is 0. The molecule has 1 unspecified atom stereocenters. The number of carboxylic acids is 1. The zero-order chi connectivity index (χ0) is 13.8. The van der Waals surface area contributed by atoms with E-state index in [1.54, 1.807) is 24.3 Å². The van der Waals surface area contributed by atoms with Gasteiger partial charge < -0.3 is 5.11 Å². The van der Waals surface area contributed by atoms with Gasteiger partial charge in [0.2, 0.25) is 0 Å². The highest BCUT2D eigenvalue weighted by Gasteiger charge is 2.20. The molecule has 2 aromatic carbocycles. The van der Waals surface area contributed by atoms with Gasteiger partial charge in [0.05, 0.1) is 5.92 Å². The average Bonchev–Trinajstić information content (AvgIpc) is 2.35. The van der Waals surface area contributed by atoms with E-state index >= 15 is 0 Å². The van der Waals surface area contributed by atoms with Gasteiger partial charge in [-0.2, -0.15) is 0 Å². The van der Waals surface area contributed by atoms with Crippen molar-refractivity contribution in [1.82, 2.24) is 0 Å². The van der Waals surface area contributed by atoms with Crippen LogP contribution in [-0.2, 0) is 11.2 Å². The Balaban J connectivity index is 2.29. The maximum atomic E-state index is 11.5. The number of hydrogen-bond donors (Lipinski definition) is 1. The van der Waals surface area contributed by atoms with E-state index in [4.69, 9.17) is 11.6 Å². The molecule has 0 radical (unpaired) electrons. The number of rotatable bonds is 4. The second-order valence-electron chi connectivity index (χ2n) is 4.64. The van der Waals surface area contributed by atoms with E-state index in [0.717, 1.165) is 16.7 Å². The molecule has 1 N–H and O–H groups in total. The molecule has 0 aliphatic carbocycles. The molecule has 2 nitrogen and oxygen atoms in total. The summed E-state index contributed by atoms with van der Waals surface area (Å²) < 4.78 is 0. The lowest BCUT2D eigenvalue weighted by Gasteiger charge is -2.13. The van der Waals surface area contributed by atoms with E-state index in [0.29, 0.717) is 11.4 Å². The number of benzene rings is 2. The van der Waals surface area contributed by atoms with Crippen molar-refractivity contribution >= 4 is 17.6 Å². The van der Waals surface area contributed by atoms with Gasteiger partial charge in [0.25, 0.3) is 0 Å². The Bertz CT molecular complexity index is 593. The first-order valence-corrected chi connectivity index (χ1v) is 6.48. The third-order valence-electron chi connectivity index (χ3n) is 3.07. The standard InChI is InChI=1S/C16H15ClO2/c1-11-4-2-5-12(8-11)9-15(16(18)19)13-6-3-7-14(17)10-13/h2-8,10,15H,9H2,1H3,(H,18,19). The van der Waals surface area contributed by atoms with Crippen LogP contribution in [0.3, 0.4) is 0 Å². The van der Waals surface area contributed by atoms with Crippen molar-refractivity contribution < 1.29 is 9.90 Å². The normalized spacial score (nSPS) is 12.1. The number of halogens is 1. The lowest BCUT2D eigenvalue weighted by atomic mass is 9.91. The van der Waals surface area contributed by atoms with Gasteiger partial charge in [-0.05, 0) is 36.6 Å². The van der Waals surface area contributed by atoms with Crippen molar-refractivity contribution in [3.8, 4) is 0 Å². The zero-order valence-corrected chi connectivity index (χ0v) is 11.4. The summed E-state index contributed by atoms with van der Waals surface area (Å²) in [6.07, 6.45) is 0.470. The first-order chi connectivity index (χ1) is 9.06. The van der Waals surface area contributed by atoms with E-state index in [2.05, 4.69) is 0 Å². The average molecular weight is 275 g/mol. The molecule has 1 atom stereocenters. The Hall–Kier alpha value is -1.80. The topological polar surface area (TPSA) is 37.3 Å². The van der Waals surface area contributed by atoms with Gasteiger partial charge in [0, 0.05) is 5.02 Å². The Kier molecular flexibility index (Phi) is 4.23. The van der Waals surface area contributed by atoms with E-state index in [1.807, 2.05) is 31.2 Å². The lowest BCUT2D eigenvalue weighted by Crippen LogP contribution is -2.14. The van der Waals surface area contributed by atoms with Crippen LogP contribution in [0.5, 0.6) is 0 Å². The molecule has 0 spiro atoms. The van der Waals surface area contributed by atoms with Gasteiger partial charge >= 0.3 is 5.97 Å². The number of carbonyl (C=O) groups is 1. The highest BCUT2D eigenvalue weighted by molar-refractivity contribution is 6.30. The highest BCUT2D eigenvalue weighted by Crippen LogP contribution is 2.24. The van der Waals surface area contributed by atoms with E-state index < -0.39 is 11.9 Å². The Morgan fingerprint density at radius 2 is 1.95 bits per heavy atom. The summed E-state index contributed by atoms with van der Waals surface area (Å²) in [5, 5.41) is 9.97. The molecule has 0 saturated heterocycles. The molecule has 0 fully saturated rings. The Morgan fingerprint density at radius 1 is 1.21 bits per heavy atom. The van der Waals surface area contributed by atoms with Crippen molar-refractivity contribution in [3.05, 3.63) is 70.2 Å². The molecule has 2 aromatic rings. The quantitative estimate of drug-likeness (QED) is 0.913. The van der Waals surface area contributed by atoms with Gasteiger partial charge in [0.15, 0.2) is 0 Å². The molecule has 0 aliphatic rings. The number of hydrogen-bond acceptors (Lipinski definition) is 1. The monoisotopic (exact) mass is 274 g/mol. The molecule has 0 heterocycles. The predicted octanol–water partition coefficient (Wildman–Crippen LogP) is 4.06. The van der Waals surface area contributed by atoms with Crippen LogP contribution in [0.25, 0.3) is 0 Å². The van der Waals surface area contributed by atoms with Crippen LogP contribution in [0.4, 0.5) is 0 Å². The van der Waals surface area contributed by atoms with Crippen LogP contribution in [-0.4, -0.2) is 11.1 Å². The van der Waals surface area contributed by atoms with Crippen LogP contribution < -0.4 is 0 Å². The van der Waals surface area contributed by atoms with Gasteiger partial charge in [0.1, 0.15) is 0 Å². The summed E-state index contributed by atoms with van der Waals surface area (Å²) in [5.41, 5.74) is 2.89. The first kappa shape index (κ1) is 13.6. The summed E-state index contributed by atoms with van der Waals surface area (Å²) in [4.78, 5) is 11.5. The minimum Gasteiger partial charge on any atom is -0.481 e. The molecule has 2 rings (SSSR count). The fourth-order valence-corrected chi connectivity index (χ4v) is 2.34. The van der Waals surface area contributed by atoms with Crippen LogP contribution in [0.15, 0.2) is 48.5 Å². The minimum atomic E-state index is -0.830. The maximum absolute atomic E-state index is 11.5. The zero-order valence-electron chi connectivity index (χ0n) is 10.6. The molecule has 0 saturated carbocycles.